The highest BCUT2D eigenvalue weighted by Gasteiger charge is 2.21. The van der Waals surface area contributed by atoms with Gasteiger partial charge in [-0.3, -0.25) is 0 Å². The smallest absolute Gasteiger partial charge is 0.0707 e. The van der Waals surface area contributed by atoms with Crippen molar-refractivity contribution in [3.63, 3.8) is 0 Å². The molecule has 0 aromatic heterocycles. The van der Waals surface area contributed by atoms with Crippen LogP contribution in [-0.4, -0.2) is 37.5 Å². The molecule has 1 aliphatic carbocycles. The lowest BCUT2D eigenvalue weighted by atomic mass is 10.2. The van der Waals surface area contributed by atoms with Crippen LogP contribution in [0.3, 0.4) is 0 Å². The van der Waals surface area contributed by atoms with Gasteiger partial charge in [-0.25, -0.2) is 0 Å². The molecule has 0 radical (unpaired) electrons. The molecule has 1 saturated carbocycles. The minimum Gasteiger partial charge on any atom is -0.375 e. The van der Waals surface area contributed by atoms with Crippen molar-refractivity contribution in [2.75, 3.05) is 19.8 Å². The average Bonchev–Trinajstić information content (AvgIpc) is 3.03. The van der Waals surface area contributed by atoms with E-state index < -0.39 is 0 Å². The summed E-state index contributed by atoms with van der Waals surface area (Å²) in [4.78, 5) is 0. The van der Waals surface area contributed by atoms with Gasteiger partial charge in [0.2, 0.25) is 0 Å². The van der Waals surface area contributed by atoms with Crippen LogP contribution in [0.2, 0.25) is 0 Å². The Morgan fingerprint density at radius 2 is 1.94 bits per heavy atom. The topological polar surface area (TPSA) is 30.5 Å². The highest BCUT2D eigenvalue weighted by atomic mass is 16.5. The van der Waals surface area contributed by atoms with Crippen molar-refractivity contribution in [2.24, 2.45) is 0 Å². The van der Waals surface area contributed by atoms with Gasteiger partial charge in [0.15, 0.2) is 0 Å². The van der Waals surface area contributed by atoms with Gasteiger partial charge in [0.05, 0.1) is 24.9 Å². The van der Waals surface area contributed by atoms with E-state index >= 15 is 0 Å². The summed E-state index contributed by atoms with van der Waals surface area (Å²) in [7, 11) is 0. The van der Waals surface area contributed by atoms with Crippen LogP contribution in [0, 0.1) is 0 Å². The van der Waals surface area contributed by atoms with Gasteiger partial charge in [0.25, 0.3) is 0 Å². The minimum absolute atomic E-state index is 0.0596. The standard InChI is InChI=1S/C14H29NO2/c1-5-6-13(11-15-12-7-8-12)16-9-10-17-14(2,3)4/h12-13,15H,5-11H2,1-4H3. The third kappa shape index (κ3) is 8.58. The summed E-state index contributed by atoms with van der Waals surface area (Å²) >= 11 is 0. The maximum Gasteiger partial charge on any atom is 0.0707 e. The molecule has 0 aliphatic heterocycles. The molecule has 3 nitrogen and oxygen atoms in total. The van der Waals surface area contributed by atoms with Crippen LogP contribution >= 0.6 is 0 Å². The van der Waals surface area contributed by atoms with Gasteiger partial charge < -0.3 is 14.8 Å². The van der Waals surface area contributed by atoms with E-state index in [4.69, 9.17) is 9.47 Å². The lowest BCUT2D eigenvalue weighted by molar-refractivity contribution is -0.0525. The van der Waals surface area contributed by atoms with Crippen molar-refractivity contribution in [1.29, 1.82) is 0 Å². The van der Waals surface area contributed by atoms with Crippen molar-refractivity contribution in [3.05, 3.63) is 0 Å². The van der Waals surface area contributed by atoms with Gasteiger partial charge in [-0.15, -0.1) is 0 Å². The van der Waals surface area contributed by atoms with E-state index in [9.17, 15) is 0 Å². The number of hydrogen-bond acceptors (Lipinski definition) is 3. The molecule has 0 saturated heterocycles. The molecule has 0 aromatic rings. The Hall–Kier alpha value is -0.120. The summed E-state index contributed by atoms with van der Waals surface area (Å²) in [5.41, 5.74) is -0.0596. The molecule has 102 valence electrons. The second-order valence-corrected chi connectivity index (χ2v) is 5.92. The minimum atomic E-state index is -0.0596. The van der Waals surface area contributed by atoms with Gasteiger partial charge in [0.1, 0.15) is 0 Å². The lowest BCUT2D eigenvalue weighted by Gasteiger charge is -2.22. The SMILES string of the molecule is CCCC(CNC1CC1)OCCOC(C)(C)C. The summed E-state index contributed by atoms with van der Waals surface area (Å²) in [6.45, 7) is 10.8. The largest absolute Gasteiger partial charge is 0.375 e. The van der Waals surface area contributed by atoms with Gasteiger partial charge in [0, 0.05) is 12.6 Å². The van der Waals surface area contributed by atoms with Gasteiger partial charge >= 0.3 is 0 Å². The number of nitrogens with one attached hydrogen (secondary N) is 1. The summed E-state index contributed by atoms with van der Waals surface area (Å²) in [5, 5.41) is 3.53. The predicted octanol–water partition coefficient (Wildman–Crippen LogP) is 2.74. The van der Waals surface area contributed by atoms with Crippen LogP contribution in [0.4, 0.5) is 0 Å². The molecule has 1 atom stereocenters. The average molecular weight is 243 g/mol. The Balaban J connectivity index is 2.05. The first kappa shape index (κ1) is 14.9. The van der Waals surface area contributed by atoms with E-state index in [0.29, 0.717) is 19.3 Å². The van der Waals surface area contributed by atoms with Crippen molar-refractivity contribution in [3.8, 4) is 0 Å². The Kier molecular flexibility index (Phi) is 6.45. The zero-order valence-electron chi connectivity index (χ0n) is 11.9. The Morgan fingerprint density at radius 3 is 2.47 bits per heavy atom. The molecule has 1 unspecified atom stereocenters. The van der Waals surface area contributed by atoms with Crippen LogP contribution in [0.5, 0.6) is 0 Å². The first-order valence-electron chi connectivity index (χ1n) is 7.00. The third-order valence-electron chi connectivity index (χ3n) is 2.79. The molecule has 3 heteroatoms. The highest BCUT2D eigenvalue weighted by Crippen LogP contribution is 2.18. The monoisotopic (exact) mass is 243 g/mol. The Bertz CT molecular complexity index is 197. The molecule has 0 aromatic carbocycles. The lowest BCUT2D eigenvalue weighted by Crippen LogP contribution is -2.32. The zero-order valence-corrected chi connectivity index (χ0v) is 11.9. The Morgan fingerprint density at radius 1 is 1.24 bits per heavy atom. The second kappa shape index (κ2) is 7.34. The second-order valence-electron chi connectivity index (χ2n) is 5.92. The molecule has 0 amide bonds. The zero-order chi connectivity index (χ0) is 12.7. The first-order chi connectivity index (χ1) is 8.01. The number of hydrogen-bond donors (Lipinski definition) is 1. The van der Waals surface area contributed by atoms with Crippen molar-refractivity contribution >= 4 is 0 Å². The summed E-state index contributed by atoms with van der Waals surface area (Å²) in [6, 6.07) is 0.767. The first-order valence-corrected chi connectivity index (χ1v) is 7.00. The number of ether oxygens (including phenoxy) is 2. The molecule has 17 heavy (non-hydrogen) atoms. The van der Waals surface area contributed by atoms with E-state index in [2.05, 4.69) is 33.0 Å². The fraction of sp³-hybridized carbons (Fsp3) is 1.00. The summed E-state index contributed by atoms with van der Waals surface area (Å²) < 4.78 is 11.5. The van der Waals surface area contributed by atoms with Gasteiger partial charge in [-0.1, -0.05) is 13.3 Å². The Labute approximate surface area is 106 Å². The molecule has 1 N–H and O–H groups in total. The molecule has 0 heterocycles. The molecule has 1 fully saturated rings. The normalized spacial score (nSPS) is 18.4. The fourth-order valence-corrected chi connectivity index (χ4v) is 1.71. The van der Waals surface area contributed by atoms with E-state index in [-0.39, 0.29) is 5.60 Å². The molecule has 1 aliphatic rings. The fourth-order valence-electron chi connectivity index (χ4n) is 1.71. The van der Waals surface area contributed by atoms with E-state index in [1.54, 1.807) is 0 Å². The van der Waals surface area contributed by atoms with Crippen LogP contribution < -0.4 is 5.32 Å². The van der Waals surface area contributed by atoms with Crippen LogP contribution in [0.1, 0.15) is 53.4 Å². The van der Waals surface area contributed by atoms with Crippen LogP contribution in [0.15, 0.2) is 0 Å². The van der Waals surface area contributed by atoms with Gasteiger partial charge in [-0.05, 0) is 40.0 Å². The van der Waals surface area contributed by atoms with E-state index in [1.165, 1.54) is 19.3 Å². The molecule has 0 bridgehead atoms. The van der Waals surface area contributed by atoms with Crippen molar-refractivity contribution in [1.82, 2.24) is 5.32 Å². The quantitative estimate of drug-likeness (QED) is 0.632. The maximum atomic E-state index is 5.87. The molecule has 0 spiro atoms. The van der Waals surface area contributed by atoms with E-state index in [1.807, 2.05) is 0 Å². The van der Waals surface area contributed by atoms with Crippen molar-refractivity contribution < 1.29 is 9.47 Å². The van der Waals surface area contributed by atoms with Gasteiger partial charge in [-0.2, -0.15) is 0 Å². The molecule has 1 rings (SSSR count). The summed E-state index contributed by atoms with van der Waals surface area (Å²) in [5.74, 6) is 0. The van der Waals surface area contributed by atoms with Crippen LogP contribution in [0.25, 0.3) is 0 Å². The maximum absolute atomic E-state index is 5.87. The molecular weight excluding hydrogens is 214 g/mol. The van der Waals surface area contributed by atoms with Crippen molar-refractivity contribution in [2.45, 2.75) is 71.1 Å². The number of rotatable bonds is 9. The van der Waals surface area contributed by atoms with Crippen LogP contribution in [-0.2, 0) is 9.47 Å². The highest BCUT2D eigenvalue weighted by molar-refractivity contribution is 4.82. The summed E-state index contributed by atoms with van der Waals surface area (Å²) in [6.07, 6.45) is 5.34. The van der Waals surface area contributed by atoms with E-state index in [0.717, 1.165) is 19.0 Å². The predicted molar refractivity (Wildman–Crippen MR) is 71.4 cm³/mol. The molecular formula is C14H29NO2. The third-order valence-corrected chi connectivity index (χ3v) is 2.79.